The van der Waals surface area contributed by atoms with Crippen LogP contribution in [0.1, 0.15) is 20.8 Å². The van der Waals surface area contributed by atoms with Crippen molar-refractivity contribution in [3.63, 3.8) is 0 Å². The van der Waals surface area contributed by atoms with Gasteiger partial charge in [0.15, 0.2) is 5.58 Å². The van der Waals surface area contributed by atoms with E-state index in [9.17, 15) is 14.7 Å². The van der Waals surface area contributed by atoms with E-state index in [2.05, 4.69) is 15.4 Å². The second kappa shape index (κ2) is 6.41. The topological polar surface area (TPSA) is 110 Å². The fourth-order valence-corrected chi connectivity index (χ4v) is 2.73. The van der Waals surface area contributed by atoms with Crippen molar-refractivity contribution in [2.75, 3.05) is 5.32 Å². The number of carboxylic acids is 1. The number of carboxylic acid groups (broad SMARTS) is 1. The standard InChI is InChI=1S/C19H14N4O4/c1-23-15(9-10-20-23)17(24)21-12-7-5-11(6-8-12)18-22-14-4-2-3-13(19(25)26)16(14)27-18/h2-10H,1H3,(H,21,24)(H,25,26). The van der Waals surface area contributed by atoms with E-state index in [-0.39, 0.29) is 17.1 Å². The number of nitrogens with one attached hydrogen (secondary N) is 1. The average molecular weight is 362 g/mol. The molecule has 0 unspecified atom stereocenters. The summed E-state index contributed by atoms with van der Waals surface area (Å²) in [6, 6.07) is 13.3. The molecule has 0 fully saturated rings. The quantitative estimate of drug-likeness (QED) is 0.577. The number of nitrogens with zero attached hydrogens (tertiary/aromatic N) is 3. The number of rotatable bonds is 4. The van der Waals surface area contributed by atoms with Crippen molar-refractivity contribution in [1.82, 2.24) is 14.8 Å². The van der Waals surface area contributed by atoms with Gasteiger partial charge in [0.2, 0.25) is 5.89 Å². The Hall–Kier alpha value is -3.94. The van der Waals surface area contributed by atoms with E-state index in [1.54, 1.807) is 55.7 Å². The highest BCUT2D eigenvalue weighted by molar-refractivity contribution is 6.03. The number of anilines is 1. The number of carbonyl (C=O) groups is 2. The second-order valence-electron chi connectivity index (χ2n) is 5.85. The van der Waals surface area contributed by atoms with Crippen molar-refractivity contribution in [3.8, 4) is 11.5 Å². The highest BCUT2D eigenvalue weighted by Crippen LogP contribution is 2.27. The van der Waals surface area contributed by atoms with E-state index >= 15 is 0 Å². The number of hydrogen-bond donors (Lipinski definition) is 2. The molecule has 2 heterocycles. The van der Waals surface area contributed by atoms with Crippen LogP contribution in [0.5, 0.6) is 0 Å². The summed E-state index contributed by atoms with van der Waals surface area (Å²) in [6.07, 6.45) is 1.55. The van der Waals surface area contributed by atoms with Crippen LogP contribution in [0, 0.1) is 0 Å². The van der Waals surface area contributed by atoms with Crippen LogP contribution in [0.2, 0.25) is 0 Å². The van der Waals surface area contributed by atoms with Gasteiger partial charge in [-0.1, -0.05) is 6.07 Å². The molecular formula is C19H14N4O4. The number of oxazole rings is 1. The summed E-state index contributed by atoms with van der Waals surface area (Å²) in [5.41, 5.74) is 2.48. The van der Waals surface area contributed by atoms with Crippen molar-refractivity contribution in [1.29, 1.82) is 0 Å². The molecule has 0 atom stereocenters. The monoisotopic (exact) mass is 362 g/mol. The Morgan fingerprint density at radius 2 is 1.89 bits per heavy atom. The molecule has 2 N–H and O–H groups in total. The highest BCUT2D eigenvalue weighted by Gasteiger charge is 2.16. The lowest BCUT2D eigenvalue weighted by Crippen LogP contribution is -2.15. The van der Waals surface area contributed by atoms with Crippen LogP contribution in [0.4, 0.5) is 5.69 Å². The lowest BCUT2D eigenvalue weighted by atomic mass is 10.2. The molecule has 2 aromatic heterocycles. The Balaban J connectivity index is 1.60. The molecule has 8 heteroatoms. The first-order valence-electron chi connectivity index (χ1n) is 8.05. The zero-order valence-corrected chi connectivity index (χ0v) is 14.2. The molecule has 8 nitrogen and oxygen atoms in total. The minimum atomic E-state index is -1.07. The van der Waals surface area contributed by atoms with E-state index in [1.165, 1.54) is 10.7 Å². The molecule has 4 aromatic rings. The maximum absolute atomic E-state index is 12.2. The summed E-state index contributed by atoms with van der Waals surface area (Å²) in [6.45, 7) is 0. The largest absolute Gasteiger partial charge is 0.478 e. The predicted molar refractivity (Wildman–Crippen MR) is 97.6 cm³/mol. The number of aryl methyl sites for hydroxylation is 1. The van der Waals surface area contributed by atoms with Crippen LogP contribution in [-0.4, -0.2) is 31.7 Å². The molecule has 2 aromatic carbocycles. The molecule has 0 saturated carbocycles. The zero-order chi connectivity index (χ0) is 19.0. The van der Waals surface area contributed by atoms with Gasteiger partial charge in [0.25, 0.3) is 5.91 Å². The van der Waals surface area contributed by atoms with Gasteiger partial charge in [-0.15, -0.1) is 0 Å². The Bertz CT molecular complexity index is 1160. The molecule has 0 aliphatic heterocycles. The van der Waals surface area contributed by atoms with Gasteiger partial charge in [0, 0.05) is 24.5 Å². The van der Waals surface area contributed by atoms with E-state index in [4.69, 9.17) is 4.42 Å². The first-order chi connectivity index (χ1) is 13.0. The fraction of sp³-hybridized carbons (Fsp3) is 0.0526. The van der Waals surface area contributed by atoms with Gasteiger partial charge in [-0.05, 0) is 42.5 Å². The predicted octanol–water partition coefficient (Wildman–Crippen LogP) is 3.18. The van der Waals surface area contributed by atoms with Gasteiger partial charge < -0.3 is 14.8 Å². The third-order valence-electron chi connectivity index (χ3n) is 4.09. The minimum absolute atomic E-state index is 0.0614. The lowest BCUT2D eigenvalue weighted by molar-refractivity contribution is 0.0697. The average Bonchev–Trinajstić information content (AvgIpc) is 3.27. The van der Waals surface area contributed by atoms with Gasteiger partial charge in [-0.25, -0.2) is 9.78 Å². The smallest absolute Gasteiger partial charge is 0.339 e. The minimum Gasteiger partial charge on any atom is -0.478 e. The Morgan fingerprint density at radius 3 is 2.56 bits per heavy atom. The van der Waals surface area contributed by atoms with E-state index in [0.29, 0.717) is 28.4 Å². The first-order valence-corrected chi connectivity index (χ1v) is 8.05. The summed E-state index contributed by atoms with van der Waals surface area (Å²) in [5, 5.41) is 16.0. The fourth-order valence-electron chi connectivity index (χ4n) is 2.73. The summed E-state index contributed by atoms with van der Waals surface area (Å²) in [4.78, 5) is 27.8. The third kappa shape index (κ3) is 3.04. The summed E-state index contributed by atoms with van der Waals surface area (Å²) >= 11 is 0. The number of fused-ring (bicyclic) bond motifs is 1. The van der Waals surface area contributed by atoms with Crippen LogP contribution in [-0.2, 0) is 7.05 Å². The highest BCUT2D eigenvalue weighted by atomic mass is 16.4. The van der Waals surface area contributed by atoms with Crippen molar-refractivity contribution in [3.05, 3.63) is 66.0 Å². The van der Waals surface area contributed by atoms with Crippen LogP contribution in [0.15, 0.2) is 59.1 Å². The lowest BCUT2D eigenvalue weighted by Gasteiger charge is -2.05. The van der Waals surface area contributed by atoms with Crippen LogP contribution in [0.3, 0.4) is 0 Å². The molecule has 0 aliphatic rings. The Kier molecular flexibility index (Phi) is 3.92. The van der Waals surface area contributed by atoms with E-state index < -0.39 is 5.97 Å². The van der Waals surface area contributed by atoms with Crippen molar-refractivity contribution in [2.24, 2.45) is 7.05 Å². The Morgan fingerprint density at radius 1 is 1.11 bits per heavy atom. The molecule has 4 rings (SSSR count). The Labute approximate surface area is 153 Å². The molecule has 27 heavy (non-hydrogen) atoms. The van der Waals surface area contributed by atoms with Crippen LogP contribution < -0.4 is 5.32 Å². The first kappa shape index (κ1) is 16.5. The van der Waals surface area contributed by atoms with Gasteiger partial charge in [0.1, 0.15) is 16.8 Å². The van der Waals surface area contributed by atoms with Crippen LogP contribution in [0.25, 0.3) is 22.6 Å². The molecule has 0 spiro atoms. The number of aromatic nitrogens is 3. The molecule has 0 aliphatic carbocycles. The van der Waals surface area contributed by atoms with Crippen molar-refractivity contribution in [2.45, 2.75) is 0 Å². The number of aromatic carboxylic acids is 1. The molecule has 0 radical (unpaired) electrons. The molecule has 0 saturated heterocycles. The number of amides is 1. The molecule has 1 amide bonds. The van der Waals surface area contributed by atoms with Gasteiger partial charge in [-0.3, -0.25) is 9.48 Å². The zero-order valence-electron chi connectivity index (χ0n) is 14.2. The van der Waals surface area contributed by atoms with Gasteiger partial charge in [0.05, 0.1) is 0 Å². The summed E-state index contributed by atoms with van der Waals surface area (Å²) < 4.78 is 7.14. The SMILES string of the molecule is Cn1nccc1C(=O)Nc1ccc(-c2nc3cccc(C(=O)O)c3o2)cc1. The van der Waals surface area contributed by atoms with Crippen molar-refractivity contribution < 1.29 is 19.1 Å². The maximum Gasteiger partial charge on any atom is 0.339 e. The summed E-state index contributed by atoms with van der Waals surface area (Å²) in [7, 11) is 1.69. The molecular weight excluding hydrogens is 348 g/mol. The van der Waals surface area contributed by atoms with E-state index in [1.807, 2.05) is 0 Å². The normalized spacial score (nSPS) is 10.9. The number of benzene rings is 2. The van der Waals surface area contributed by atoms with Gasteiger partial charge in [-0.2, -0.15) is 5.10 Å². The van der Waals surface area contributed by atoms with Gasteiger partial charge >= 0.3 is 5.97 Å². The maximum atomic E-state index is 12.2. The number of para-hydroxylation sites is 1. The number of carbonyl (C=O) groups excluding carboxylic acids is 1. The molecule has 0 bridgehead atoms. The van der Waals surface area contributed by atoms with Crippen molar-refractivity contribution >= 4 is 28.7 Å². The number of hydrogen-bond acceptors (Lipinski definition) is 5. The summed E-state index contributed by atoms with van der Waals surface area (Å²) in [5.74, 6) is -1.03. The van der Waals surface area contributed by atoms with E-state index in [0.717, 1.165) is 0 Å². The molecule has 134 valence electrons. The second-order valence-corrected chi connectivity index (χ2v) is 5.85. The third-order valence-corrected chi connectivity index (χ3v) is 4.09. The van der Waals surface area contributed by atoms with Crippen LogP contribution >= 0.6 is 0 Å².